The topological polar surface area (TPSA) is 50.8 Å². The van der Waals surface area contributed by atoms with Crippen molar-refractivity contribution >= 4 is 5.97 Å². The minimum Gasteiger partial charge on any atom is -0.460 e. The van der Waals surface area contributed by atoms with E-state index in [-0.39, 0.29) is 12.1 Å². The molecular formula is C26H52N2O3. The first kappa shape index (κ1) is 28.4. The maximum Gasteiger partial charge on any atom is 0.302 e. The third-order valence-corrected chi connectivity index (χ3v) is 6.26. The van der Waals surface area contributed by atoms with Crippen molar-refractivity contribution in [2.45, 2.75) is 116 Å². The summed E-state index contributed by atoms with van der Waals surface area (Å²) in [4.78, 5) is 13.8. The molecule has 0 aliphatic carbocycles. The fourth-order valence-electron chi connectivity index (χ4n) is 4.29. The zero-order valence-electron chi connectivity index (χ0n) is 20.8. The molecule has 5 nitrogen and oxygen atoms in total. The lowest BCUT2D eigenvalue weighted by molar-refractivity contribution is -0.150. The van der Waals surface area contributed by atoms with Crippen molar-refractivity contribution < 1.29 is 14.3 Å². The maximum absolute atomic E-state index is 11.4. The van der Waals surface area contributed by atoms with Crippen LogP contribution in [0, 0.1) is 0 Å². The predicted octanol–water partition coefficient (Wildman–Crippen LogP) is 5.71. The van der Waals surface area contributed by atoms with Crippen LogP contribution in [-0.2, 0) is 14.3 Å². The van der Waals surface area contributed by atoms with E-state index in [1.165, 1.54) is 90.4 Å². The van der Waals surface area contributed by atoms with Crippen molar-refractivity contribution in [2.24, 2.45) is 0 Å². The molecule has 1 unspecified atom stereocenters. The molecule has 184 valence electrons. The summed E-state index contributed by atoms with van der Waals surface area (Å²) in [5.74, 6) is -0.203. The summed E-state index contributed by atoms with van der Waals surface area (Å²) in [6.45, 7) is 10.3. The summed E-state index contributed by atoms with van der Waals surface area (Å²) in [5.41, 5.74) is 0. The standard InChI is InChI=1S/C26H52N2O3/c1-3-4-5-6-7-8-9-10-11-12-13-14-15-16-23-30-24-26(31-25(2)29)17-20-28-21-18-27-19-22-28/h26-27H,3-24H2,1-2H3. The van der Waals surface area contributed by atoms with Crippen LogP contribution in [0.25, 0.3) is 0 Å². The van der Waals surface area contributed by atoms with Gasteiger partial charge in [0, 0.05) is 46.3 Å². The Bertz CT molecular complexity index is 400. The molecule has 0 bridgehead atoms. The summed E-state index contributed by atoms with van der Waals surface area (Å²) in [7, 11) is 0. The Morgan fingerprint density at radius 1 is 0.839 bits per heavy atom. The average Bonchev–Trinajstić information content (AvgIpc) is 2.77. The Hall–Kier alpha value is -0.650. The Morgan fingerprint density at radius 3 is 1.87 bits per heavy atom. The monoisotopic (exact) mass is 440 g/mol. The molecule has 0 aromatic rings. The van der Waals surface area contributed by atoms with E-state index in [9.17, 15) is 4.79 Å². The lowest BCUT2D eigenvalue weighted by Gasteiger charge is -2.28. The van der Waals surface area contributed by atoms with Crippen molar-refractivity contribution in [3.8, 4) is 0 Å². The third kappa shape index (κ3) is 18.6. The molecule has 0 aromatic carbocycles. The van der Waals surface area contributed by atoms with E-state index in [0.29, 0.717) is 6.61 Å². The van der Waals surface area contributed by atoms with Gasteiger partial charge < -0.3 is 19.7 Å². The number of rotatable bonds is 21. The van der Waals surface area contributed by atoms with Gasteiger partial charge in [-0.15, -0.1) is 0 Å². The highest BCUT2D eigenvalue weighted by molar-refractivity contribution is 5.66. The van der Waals surface area contributed by atoms with Crippen LogP contribution < -0.4 is 5.32 Å². The normalized spacial score (nSPS) is 15.8. The molecule has 0 amide bonds. The maximum atomic E-state index is 11.4. The van der Waals surface area contributed by atoms with E-state index >= 15 is 0 Å². The molecular weight excluding hydrogens is 388 g/mol. The quantitative estimate of drug-likeness (QED) is 0.183. The Labute approximate surface area is 193 Å². The van der Waals surface area contributed by atoms with E-state index in [4.69, 9.17) is 9.47 Å². The number of piperazine rings is 1. The van der Waals surface area contributed by atoms with E-state index in [2.05, 4.69) is 17.1 Å². The molecule has 31 heavy (non-hydrogen) atoms. The number of hydrogen-bond acceptors (Lipinski definition) is 5. The highest BCUT2D eigenvalue weighted by Gasteiger charge is 2.16. The first-order valence-electron chi connectivity index (χ1n) is 13.4. The van der Waals surface area contributed by atoms with Crippen molar-refractivity contribution in [1.29, 1.82) is 0 Å². The minimum absolute atomic E-state index is 0.112. The molecule has 0 aromatic heterocycles. The van der Waals surface area contributed by atoms with Gasteiger partial charge in [0.1, 0.15) is 6.10 Å². The van der Waals surface area contributed by atoms with Crippen LogP contribution in [0.4, 0.5) is 0 Å². The number of nitrogens with zero attached hydrogens (tertiary/aromatic N) is 1. The van der Waals surface area contributed by atoms with Crippen LogP contribution in [0.3, 0.4) is 0 Å². The Balaban J connectivity index is 1.88. The summed E-state index contributed by atoms with van der Waals surface area (Å²) in [6, 6.07) is 0. The zero-order chi connectivity index (χ0) is 22.4. The van der Waals surface area contributed by atoms with E-state index < -0.39 is 0 Å². The van der Waals surface area contributed by atoms with Crippen LogP contribution in [0.2, 0.25) is 0 Å². The molecule has 1 aliphatic rings. The van der Waals surface area contributed by atoms with Gasteiger partial charge in [0.15, 0.2) is 0 Å². The van der Waals surface area contributed by atoms with Gasteiger partial charge in [-0.1, -0.05) is 90.4 Å². The molecule has 1 saturated heterocycles. The first-order chi connectivity index (χ1) is 15.2. The summed E-state index contributed by atoms with van der Waals surface area (Å²) >= 11 is 0. The molecule has 1 heterocycles. The number of hydrogen-bond donors (Lipinski definition) is 1. The highest BCUT2D eigenvalue weighted by Crippen LogP contribution is 2.13. The molecule has 1 N–H and O–H groups in total. The molecule has 5 heteroatoms. The van der Waals surface area contributed by atoms with Gasteiger partial charge in [-0.2, -0.15) is 0 Å². The molecule has 1 aliphatic heterocycles. The van der Waals surface area contributed by atoms with Gasteiger partial charge in [-0.05, 0) is 12.8 Å². The molecule has 1 fully saturated rings. The second-order valence-corrected chi connectivity index (χ2v) is 9.28. The summed E-state index contributed by atoms with van der Waals surface area (Å²) in [6.07, 6.45) is 19.9. The molecule has 0 saturated carbocycles. The van der Waals surface area contributed by atoms with Gasteiger partial charge in [0.05, 0.1) is 6.61 Å². The Kier molecular flexibility index (Phi) is 19.4. The number of unbranched alkanes of at least 4 members (excludes halogenated alkanes) is 13. The van der Waals surface area contributed by atoms with Gasteiger partial charge >= 0.3 is 5.97 Å². The van der Waals surface area contributed by atoms with Crippen molar-refractivity contribution in [3.63, 3.8) is 0 Å². The number of nitrogens with one attached hydrogen (secondary N) is 1. The van der Waals surface area contributed by atoms with Crippen LogP contribution in [0.5, 0.6) is 0 Å². The average molecular weight is 441 g/mol. The van der Waals surface area contributed by atoms with Crippen LogP contribution in [-0.4, -0.2) is 62.9 Å². The fourth-order valence-corrected chi connectivity index (χ4v) is 4.29. The van der Waals surface area contributed by atoms with Crippen molar-refractivity contribution in [3.05, 3.63) is 0 Å². The minimum atomic E-state index is -0.203. The van der Waals surface area contributed by atoms with Gasteiger partial charge in [-0.3, -0.25) is 4.79 Å². The molecule has 1 rings (SSSR count). The Morgan fingerprint density at radius 2 is 1.35 bits per heavy atom. The largest absolute Gasteiger partial charge is 0.460 e. The molecule has 1 atom stereocenters. The second kappa shape index (κ2) is 21.2. The van der Waals surface area contributed by atoms with Gasteiger partial charge in [-0.25, -0.2) is 0 Å². The van der Waals surface area contributed by atoms with Crippen molar-refractivity contribution in [1.82, 2.24) is 10.2 Å². The van der Waals surface area contributed by atoms with Crippen LogP contribution >= 0.6 is 0 Å². The predicted molar refractivity (Wildman–Crippen MR) is 131 cm³/mol. The van der Waals surface area contributed by atoms with Crippen LogP contribution in [0.15, 0.2) is 0 Å². The van der Waals surface area contributed by atoms with Gasteiger partial charge in [0.25, 0.3) is 0 Å². The first-order valence-corrected chi connectivity index (χ1v) is 13.4. The zero-order valence-corrected chi connectivity index (χ0v) is 20.8. The number of esters is 1. The lowest BCUT2D eigenvalue weighted by atomic mass is 10.0. The molecule has 0 radical (unpaired) electrons. The van der Waals surface area contributed by atoms with Crippen molar-refractivity contribution in [2.75, 3.05) is 45.9 Å². The highest BCUT2D eigenvalue weighted by atomic mass is 16.6. The third-order valence-electron chi connectivity index (χ3n) is 6.26. The van der Waals surface area contributed by atoms with E-state index in [0.717, 1.165) is 52.2 Å². The SMILES string of the molecule is CCCCCCCCCCCCCCCCOCC(CCN1CCNCC1)OC(C)=O. The summed E-state index contributed by atoms with van der Waals surface area (Å²) in [5, 5.41) is 3.37. The summed E-state index contributed by atoms with van der Waals surface area (Å²) < 4.78 is 11.3. The number of carbonyl (C=O) groups is 1. The lowest BCUT2D eigenvalue weighted by Crippen LogP contribution is -2.44. The molecule has 0 spiro atoms. The van der Waals surface area contributed by atoms with E-state index in [1.807, 2.05) is 0 Å². The number of ether oxygens (including phenoxy) is 2. The fraction of sp³-hybridized carbons (Fsp3) is 0.962. The van der Waals surface area contributed by atoms with E-state index in [1.54, 1.807) is 0 Å². The second-order valence-electron chi connectivity index (χ2n) is 9.28. The smallest absolute Gasteiger partial charge is 0.302 e. The number of carbonyl (C=O) groups excluding carboxylic acids is 1. The van der Waals surface area contributed by atoms with Crippen LogP contribution in [0.1, 0.15) is 110 Å². The van der Waals surface area contributed by atoms with Gasteiger partial charge in [0.2, 0.25) is 0 Å².